The second-order valence-electron chi connectivity index (χ2n) is 9.55. The van der Waals surface area contributed by atoms with Gasteiger partial charge in [-0.15, -0.1) is 0 Å². The van der Waals surface area contributed by atoms with Crippen LogP contribution >= 0.6 is 0 Å². The van der Waals surface area contributed by atoms with Gasteiger partial charge in [-0.25, -0.2) is 0 Å². The van der Waals surface area contributed by atoms with E-state index in [4.69, 9.17) is 0 Å². The minimum Gasteiger partial charge on any atom is -0.338 e. The highest BCUT2D eigenvalue weighted by molar-refractivity contribution is 6.10. The number of carbonyl (C=O) groups is 3. The Morgan fingerprint density at radius 1 is 1.00 bits per heavy atom. The van der Waals surface area contributed by atoms with Crippen molar-refractivity contribution >= 4 is 17.7 Å². The number of nitrogens with zero attached hydrogens (tertiary/aromatic N) is 3. The number of amides is 3. The van der Waals surface area contributed by atoms with Crippen LogP contribution in [0.25, 0.3) is 0 Å². The van der Waals surface area contributed by atoms with Gasteiger partial charge in [-0.2, -0.15) is 0 Å². The SMILES string of the molecule is CCCCN(Cc1ccccc1)C(=O)C[C@]1(c2ccccc2C)CC(=O)N(Cc2cccnc2)C1=O. The fraction of sp³-hybridized carbons (Fsp3) is 0.333. The minimum atomic E-state index is -1.22. The first-order chi connectivity index (χ1) is 17.4. The van der Waals surface area contributed by atoms with E-state index in [9.17, 15) is 14.4 Å². The first kappa shape index (κ1) is 25.3. The summed E-state index contributed by atoms with van der Waals surface area (Å²) >= 11 is 0. The molecule has 1 atom stereocenters. The van der Waals surface area contributed by atoms with Gasteiger partial charge < -0.3 is 4.90 Å². The number of hydrogen-bond donors (Lipinski definition) is 0. The average molecular weight is 484 g/mol. The Morgan fingerprint density at radius 2 is 1.72 bits per heavy atom. The smallest absolute Gasteiger partial charge is 0.241 e. The first-order valence-electron chi connectivity index (χ1n) is 12.6. The van der Waals surface area contributed by atoms with Crippen molar-refractivity contribution in [1.29, 1.82) is 0 Å². The van der Waals surface area contributed by atoms with Gasteiger partial charge in [0, 0.05) is 38.3 Å². The fourth-order valence-corrected chi connectivity index (χ4v) is 5.00. The van der Waals surface area contributed by atoms with E-state index >= 15 is 0 Å². The second kappa shape index (κ2) is 11.3. The van der Waals surface area contributed by atoms with Crippen molar-refractivity contribution in [1.82, 2.24) is 14.8 Å². The number of imide groups is 1. The molecule has 6 nitrogen and oxygen atoms in total. The summed E-state index contributed by atoms with van der Waals surface area (Å²) in [5.41, 5.74) is 2.25. The third kappa shape index (κ3) is 5.38. The minimum absolute atomic E-state index is 0.0182. The zero-order valence-electron chi connectivity index (χ0n) is 21.0. The van der Waals surface area contributed by atoms with E-state index in [2.05, 4.69) is 11.9 Å². The normalized spacial score (nSPS) is 17.4. The molecule has 3 aromatic rings. The molecule has 1 aromatic heterocycles. The maximum atomic E-state index is 14.0. The van der Waals surface area contributed by atoms with Crippen molar-refractivity contribution in [3.63, 3.8) is 0 Å². The van der Waals surface area contributed by atoms with Crippen LogP contribution in [-0.4, -0.2) is 39.1 Å². The molecule has 2 heterocycles. The lowest BCUT2D eigenvalue weighted by molar-refractivity contribution is -0.143. The van der Waals surface area contributed by atoms with Crippen molar-refractivity contribution in [3.8, 4) is 0 Å². The largest absolute Gasteiger partial charge is 0.338 e. The molecule has 1 saturated heterocycles. The predicted molar refractivity (Wildman–Crippen MR) is 139 cm³/mol. The lowest BCUT2D eigenvalue weighted by Crippen LogP contribution is -2.43. The summed E-state index contributed by atoms with van der Waals surface area (Å²) in [6.07, 6.45) is 5.09. The van der Waals surface area contributed by atoms with E-state index in [0.717, 1.165) is 35.1 Å². The summed E-state index contributed by atoms with van der Waals surface area (Å²) in [5, 5.41) is 0. The van der Waals surface area contributed by atoms with Gasteiger partial charge in [-0.1, -0.05) is 74.0 Å². The first-order valence-corrected chi connectivity index (χ1v) is 12.6. The highest BCUT2D eigenvalue weighted by atomic mass is 16.2. The molecule has 0 aliphatic carbocycles. The predicted octanol–water partition coefficient (Wildman–Crippen LogP) is 4.81. The standard InChI is InChI=1S/C30H33N3O3/c1-3-4-17-32(21-24-12-6-5-7-13-24)27(34)18-30(26-15-9-8-11-23(26)2)19-28(35)33(29(30)36)22-25-14-10-16-31-20-25/h5-16,20H,3-4,17-19,21-22H2,1-2H3/t30-/m1/s1. The Kier molecular flexibility index (Phi) is 7.93. The van der Waals surface area contributed by atoms with Crippen molar-refractivity contribution in [2.24, 2.45) is 0 Å². The molecular weight excluding hydrogens is 450 g/mol. The van der Waals surface area contributed by atoms with Gasteiger partial charge in [0.2, 0.25) is 17.7 Å². The quantitative estimate of drug-likeness (QED) is 0.388. The molecule has 1 aliphatic heterocycles. The van der Waals surface area contributed by atoms with Gasteiger partial charge in [0.25, 0.3) is 0 Å². The van der Waals surface area contributed by atoms with E-state index in [-0.39, 0.29) is 37.1 Å². The Labute approximate surface area is 213 Å². The van der Waals surface area contributed by atoms with Crippen LogP contribution in [0, 0.1) is 6.92 Å². The van der Waals surface area contributed by atoms with Crippen LogP contribution in [0.5, 0.6) is 0 Å². The third-order valence-corrected chi connectivity index (χ3v) is 6.94. The summed E-state index contributed by atoms with van der Waals surface area (Å²) in [6, 6.07) is 21.1. The lowest BCUT2D eigenvalue weighted by Gasteiger charge is -2.32. The van der Waals surface area contributed by atoms with E-state index in [1.165, 1.54) is 4.90 Å². The molecule has 0 saturated carbocycles. The molecule has 1 fully saturated rings. The van der Waals surface area contributed by atoms with Gasteiger partial charge >= 0.3 is 0 Å². The Balaban J connectivity index is 1.68. The maximum Gasteiger partial charge on any atom is 0.241 e. The lowest BCUT2D eigenvalue weighted by atomic mass is 9.74. The number of aromatic nitrogens is 1. The van der Waals surface area contributed by atoms with Crippen LogP contribution in [0.15, 0.2) is 79.1 Å². The van der Waals surface area contributed by atoms with Crippen LogP contribution < -0.4 is 0 Å². The van der Waals surface area contributed by atoms with Gasteiger partial charge in [0.05, 0.1) is 12.0 Å². The van der Waals surface area contributed by atoms with Gasteiger partial charge in [0.1, 0.15) is 0 Å². The molecule has 186 valence electrons. The van der Waals surface area contributed by atoms with Crippen LogP contribution in [-0.2, 0) is 32.9 Å². The molecule has 1 aliphatic rings. The van der Waals surface area contributed by atoms with Crippen LogP contribution in [0.4, 0.5) is 0 Å². The molecule has 2 aromatic carbocycles. The van der Waals surface area contributed by atoms with Crippen LogP contribution in [0.1, 0.15) is 54.9 Å². The number of benzene rings is 2. The zero-order chi connectivity index (χ0) is 25.5. The van der Waals surface area contributed by atoms with Crippen molar-refractivity contribution < 1.29 is 14.4 Å². The molecule has 0 unspecified atom stereocenters. The van der Waals surface area contributed by atoms with E-state index in [0.29, 0.717) is 13.1 Å². The summed E-state index contributed by atoms with van der Waals surface area (Å²) in [5.74, 6) is -0.683. The fourth-order valence-electron chi connectivity index (χ4n) is 5.00. The molecule has 0 bridgehead atoms. The average Bonchev–Trinajstić information content (AvgIpc) is 3.12. The summed E-state index contributed by atoms with van der Waals surface area (Å²) in [4.78, 5) is 48.4. The number of hydrogen-bond acceptors (Lipinski definition) is 4. The second-order valence-corrected chi connectivity index (χ2v) is 9.55. The van der Waals surface area contributed by atoms with E-state index in [1.54, 1.807) is 18.5 Å². The van der Waals surface area contributed by atoms with Crippen LogP contribution in [0.3, 0.4) is 0 Å². The number of likely N-dealkylation sites (tertiary alicyclic amines) is 1. The summed E-state index contributed by atoms with van der Waals surface area (Å²) < 4.78 is 0. The highest BCUT2D eigenvalue weighted by Gasteiger charge is 2.54. The van der Waals surface area contributed by atoms with E-state index in [1.807, 2.05) is 72.5 Å². The molecule has 3 amide bonds. The Morgan fingerprint density at radius 3 is 2.42 bits per heavy atom. The zero-order valence-corrected chi connectivity index (χ0v) is 21.0. The topological polar surface area (TPSA) is 70.6 Å². The molecule has 0 N–H and O–H groups in total. The van der Waals surface area contributed by atoms with Gasteiger partial charge in [-0.05, 0) is 41.7 Å². The number of unbranched alkanes of at least 4 members (excludes halogenated alkanes) is 1. The van der Waals surface area contributed by atoms with E-state index < -0.39 is 5.41 Å². The molecule has 36 heavy (non-hydrogen) atoms. The molecule has 0 radical (unpaired) electrons. The molecular formula is C30H33N3O3. The molecule has 0 spiro atoms. The van der Waals surface area contributed by atoms with Crippen molar-refractivity contribution in [2.75, 3.05) is 6.54 Å². The molecule has 4 rings (SSSR count). The van der Waals surface area contributed by atoms with Crippen molar-refractivity contribution in [3.05, 3.63) is 101 Å². The van der Waals surface area contributed by atoms with Crippen molar-refractivity contribution in [2.45, 2.75) is 58.0 Å². The number of aryl methyl sites for hydroxylation is 1. The Hall–Kier alpha value is -3.80. The maximum absolute atomic E-state index is 14.0. The number of rotatable bonds is 10. The van der Waals surface area contributed by atoms with Gasteiger partial charge in [-0.3, -0.25) is 24.3 Å². The van der Waals surface area contributed by atoms with Crippen LogP contribution in [0.2, 0.25) is 0 Å². The number of carbonyl (C=O) groups excluding carboxylic acids is 3. The monoisotopic (exact) mass is 483 g/mol. The third-order valence-electron chi connectivity index (χ3n) is 6.94. The molecule has 6 heteroatoms. The summed E-state index contributed by atoms with van der Waals surface area (Å²) in [6.45, 7) is 5.26. The van der Waals surface area contributed by atoms with Gasteiger partial charge in [0.15, 0.2) is 0 Å². The highest BCUT2D eigenvalue weighted by Crippen LogP contribution is 2.42. The number of pyridine rings is 1. The summed E-state index contributed by atoms with van der Waals surface area (Å²) in [7, 11) is 0. The Bertz CT molecular complexity index is 1210.